The number of aromatic carboxylic acids is 1. The molecule has 0 fully saturated rings. The maximum absolute atomic E-state index is 11.4. The molecule has 0 saturated heterocycles. The van der Waals surface area contributed by atoms with E-state index in [1.807, 2.05) is 20.8 Å². The van der Waals surface area contributed by atoms with Gasteiger partial charge in [-0.15, -0.1) is 0 Å². The van der Waals surface area contributed by atoms with Gasteiger partial charge in [-0.3, -0.25) is 4.68 Å². The van der Waals surface area contributed by atoms with E-state index < -0.39 is 25.6 Å². The molecule has 0 saturated carbocycles. The van der Waals surface area contributed by atoms with E-state index in [1.54, 1.807) is 0 Å². The maximum Gasteiger partial charge on any atom is 0.340 e. The highest BCUT2D eigenvalue weighted by Gasteiger charge is 2.28. The summed E-state index contributed by atoms with van der Waals surface area (Å²) in [6.45, 7) is 5.88. The van der Waals surface area contributed by atoms with Crippen LogP contribution < -0.4 is 0 Å². The lowest BCUT2D eigenvalue weighted by Gasteiger charge is -2.19. The van der Waals surface area contributed by atoms with E-state index in [-0.39, 0.29) is 12.0 Å². The molecule has 1 N–H and O–H groups in total. The zero-order chi connectivity index (χ0) is 13.4. The van der Waals surface area contributed by atoms with Crippen LogP contribution in [0.1, 0.15) is 31.1 Å². The highest BCUT2D eigenvalue weighted by Crippen LogP contribution is 2.24. The van der Waals surface area contributed by atoms with Crippen LogP contribution in [0.2, 0.25) is 0 Å². The highest BCUT2D eigenvalue weighted by molar-refractivity contribution is 8.13. The summed E-state index contributed by atoms with van der Waals surface area (Å²) < 4.78 is 23.8. The van der Waals surface area contributed by atoms with Crippen LogP contribution in [-0.4, -0.2) is 29.3 Å². The lowest BCUT2D eigenvalue weighted by Crippen LogP contribution is -2.20. The van der Waals surface area contributed by atoms with Gasteiger partial charge in [0.05, 0.1) is 6.20 Å². The third-order valence-corrected chi connectivity index (χ3v) is 3.21. The van der Waals surface area contributed by atoms with Crippen molar-refractivity contribution in [2.24, 2.45) is 5.41 Å². The molecule has 0 bridgehead atoms. The van der Waals surface area contributed by atoms with Crippen LogP contribution in [0.5, 0.6) is 0 Å². The van der Waals surface area contributed by atoms with Gasteiger partial charge in [0.15, 0.2) is 5.03 Å². The summed E-state index contributed by atoms with van der Waals surface area (Å²) in [4.78, 5) is 10.9. The molecule has 1 aromatic rings. The van der Waals surface area contributed by atoms with Crippen molar-refractivity contribution in [3.05, 3.63) is 11.8 Å². The molecule has 96 valence electrons. The Morgan fingerprint density at radius 1 is 1.53 bits per heavy atom. The molecule has 0 atom stereocenters. The van der Waals surface area contributed by atoms with Crippen LogP contribution in [-0.2, 0) is 15.6 Å². The van der Waals surface area contributed by atoms with E-state index in [0.29, 0.717) is 0 Å². The first-order valence-corrected chi connectivity index (χ1v) is 7.07. The minimum Gasteiger partial charge on any atom is -0.478 e. The second kappa shape index (κ2) is 4.30. The topological polar surface area (TPSA) is 89.3 Å². The molecule has 0 aromatic carbocycles. The number of halogens is 1. The van der Waals surface area contributed by atoms with Crippen molar-refractivity contribution >= 4 is 25.7 Å². The van der Waals surface area contributed by atoms with E-state index in [0.717, 1.165) is 10.9 Å². The van der Waals surface area contributed by atoms with Gasteiger partial charge < -0.3 is 5.11 Å². The van der Waals surface area contributed by atoms with E-state index >= 15 is 0 Å². The Balaban J connectivity index is 3.39. The zero-order valence-corrected chi connectivity index (χ0v) is 11.2. The van der Waals surface area contributed by atoms with E-state index in [1.165, 1.54) is 0 Å². The average Bonchev–Trinajstić information content (AvgIpc) is 2.43. The lowest BCUT2D eigenvalue weighted by molar-refractivity contribution is 0.0691. The fourth-order valence-electron chi connectivity index (χ4n) is 1.34. The SMILES string of the molecule is CC(C)(C)Cn1ncc(C(=O)O)c1S(=O)(=O)Cl. The molecule has 0 unspecified atom stereocenters. The smallest absolute Gasteiger partial charge is 0.340 e. The summed E-state index contributed by atoms with van der Waals surface area (Å²) in [5.74, 6) is -1.37. The summed E-state index contributed by atoms with van der Waals surface area (Å²) in [7, 11) is 1.08. The Morgan fingerprint density at radius 2 is 2.06 bits per heavy atom. The molecule has 17 heavy (non-hydrogen) atoms. The molecule has 6 nitrogen and oxygen atoms in total. The first-order valence-electron chi connectivity index (χ1n) is 4.76. The van der Waals surface area contributed by atoms with Gasteiger partial charge >= 0.3 is 5.97 Å². The Bertz CT molecular complexity index is 542. The van der Waals surface area contributed by atoms with Crippen molar-refractivity contribution in [2.75, 3.05) is 0 Å². The first-order chi connectivity index (χ1) is 7.52. The van der Waals surface area contributed by atoms with Crippen LogP contribution in [0.4, 0.5) is 0 Å². The van der Waals surface area contributed by atoms with Crippen LogP contribution in [0, 0.1) is 5.41 Å². The second-order valence-corrected chi connectivity index (χ2v) is 7.31. The van der Waals surface area contributed by atoms with Gasteiger partial charge in [0.1, 0.15) is 5.56 Å². The third-order valence-electron chi connectivity index (χ3n) is 1.88. The maximum atomic E-state index is 11.4. The monoisotopic (exact) mass is 280 g/mol. The number of carbonyl (C=O) groups is 1. The van der Waals surface area contributed by atoms with Gasteiger partial charge in [-0.05, 0) is 5.41 Å². The number of hydrogen-bond donors (Lipinski definition) is 1. The van der Waals surface area contributed by atoms with Crippen LogP contribution >= 0.6 is 10.7 Å². The predicted molar refractivity (Wildman–Crippen MR) is 61.7 cm³/mol. The molecule has 0 radical (unpaired) electrons. The molecular formula is C9H13ClN2O4S. The zero-order valence-electron chi connectivity index (χ0n) is 9.64. The van der Waals surface area contributed by atoms with Gasteiger partial charge in [-0.25, -0.2) is 13.2 Å². The van der Waals surface area contributed by atoms with Crippen molar-refractivity contribution in [1.29, 1.82) is 0 Å². The number of nitrogens with zero attached hydrogens (tertiary/aromatic N) is 2. The van der Waals surface area contributed by atoms with Crippen molar-refractivity contribution in [3.8, 4) is 0 Å². The Hall–Kier alpha value is -1.08. The Kier molecular flexibility index (Phi) is 3.54. The molecule has 0 aliphatic rings. The average molecular weight is 281 g/mol. The van der Waals surface area contributed by atoms with Crippen LogP contribution in [0.25, 0.3) is 0 Å². The summed E-state index contributed by atoms with van der Waals surface area (Å²) in [6.07, 6.45) is 0.989. The highest BCUT2D eigenvalue weighted by atomic mass is 35.7. The van der Waals surface area contributed by atoms with Gasteiger partial charge in [0.25, 0.3) is 9.05 Å². The summed E-state index contributed by atoms with van der Waals surface area (Å²) in [6, 6.07) is 0. The molecule has 0 spiro atoms. The predicted octanol–water partition coefficient (Wildman–Crippen LogP) is 1.55. The normalized spacial score (nSPS) is 12.7. The standard InChI is InChI=1S/C9H13ClN2O4S/c1-9(2,3)5-12-7(17(10,15)16)6(4-11-12)8(13)14/h4H,5H2,1-3H3,(H,13,14). The summed E-state index contributed by atoms with van der Waals surface area (Å²) >= 11 is 0. The Morgan fingerprint density at radius 3 is 2.41 bits per heavy atom. The van der Waals surface area contributed by atoms with Crippen molar-refractivity contribution < 1.29 is 18.3 Å². The molecule has 1 aromatic heterocycles. The summed E-state index contributed by atoms with van der Waals surface area (Å²) in [5, 5.41) is 12.2. The largest absolute Gasteiger partial charge is 0.478 e. The number of carboxylic acid groups (broad SMARTS) is 1. The molecule has 1 rings (SSSR count). The molecule has 0 amide bonds. The summed E-state index contributed by atoms with van der Waals surface area (Å²) in [5.41, 5.74) is -0.665. The number of hydrogen-bond acceptors (Lipinski definition) is 4. The molecule has 8 heteroatoms. The van der Waals surface area contributed by atoms with Gasteiger partial charge in [-0.2, -0.15) is 5.10 Å². The van der Waals surface area contributed by atoms with E-state index in [9.17, 15) is 13.2 Å². The fourth-order valence-corrected chi connectivity index (χ4v) is 2.59. The second-order valence-electron chi connectivity index (χ2n) is 4.82. The van der Waals surface area contributed by atoms with Crippen LogP contribution in [0.15, 0.2) is 11.2 Å². The van der Waals surface area contributed by atoms with Gasteiger partial charge in [0.2, 0.25) is 0 Å². The van der Waals surface area contributed by atoms with Gasteiger partial charge in [0, 0.05) is 17.2 Å². The third kappa shape index (κ3) is 3.44. The van der Waals surface area contributed by atoms with Gasteiger partial charge in [-0.1, -0.05) is 20.8 Å². The minimum absolute atomic E-state index is 0.252. The van der Waals surface area contributed by atoms with E-state index in [4.69, 9.17) is 15.8 Å². The fraction of sp³-hybridized carbons (Fsp3) is 0.556. The molecule has 1 heterocycles. The first kappa shape index (κ1) is 14.0. The number of aromatic nitrogens is 2. The molecule has 0 aliphatic heterocycles. The Labute approximate surface area is 104 Å². The quantitative estimate of drug-likeness (QED) is 0.849. The number of carboxylic acids is 1. The van der Waals surface area contributed by atoms with E-state index in [2.05, 4.69) is 5.10 Å². The van der Waals surface area contributed by atoms with Crippen molar-refractivity contribution in [1.82, 2.24) is 9.78 Å². The van der Waals surface area contributed by atoms with Crippen molar-refractivity contribution in [2.45, 2.75) is 32.3 Å². The molecular weight excluding hydrogens is 268 g/mol. The lowest BCUT2D eigenvalue weighted by atomic mass is 9.97. The molecule has 0 aliphatic carbocycles. The van der Waals surface area contributed by atoms with Crippen LogP contribution in [0.3, 0.4) is 0 Å². The number of rotatable bonds is 3. The minimum atomic E-state index is -4.15. The van der Waals surface area contributed by atoms with Crippen molar-refractivity contribution in [3.63, 3.8) is 0 Å².